The number of nitrogens with one attached hydrogen (secondary N) is 2. The molecule has 0 spiro atoms. The van der Waals surface area contributed by atoms with Gasteiger partial charge in [-0.1, -0.05) is 25.8 Å². The van der Waals surface area contributed by atoms with Crippen molar-refractivity contribution in [2.75, 3.05) is 13.6 Å². The fraction of sp³-hybridized carbons (Fsp3) is 0.500. The Hall–Kier alpha value is -3.46. The minimum absolute atomic E-state index is 0.0654. The standard InChI is InChI=1S/C30H41FN6O2/c1-19(36-16-14-23-18-24(31)12-13-26(23)36)17-25(34-21(3)32)27-11-8-15-37(27)30(39)28(22-9-6-5-7-10-22)35-29(38)20(2)33-4/h12-14,16-18,20,22,27-28,33H,1,5-11,15H2,2-4H3,(H2,32,34)(H,35,38)/b25-17-. The Bertz CT molecular complexity index is 1270. The topological polar surface area (TPSA) is 105 Å². The fourth-order valence-electron chi connectivity index (χ4n) is 5.79. The maximum atomic E-state index is 14.1. The van der Waals surface area contributed by atoms with Gasteiger partial charge in [-0.25, -0.2) is 9.38 Å². The third-order valence-electron chi connectivity index (χ3n) is 7.97. The molecule has 1 saturated carbocycles. The van der Waals surface area contributed by atoms with Gasteiger partial charge < -0.3 is 25.8 Å². The van der Waals surface area contributed by atoms with Gasteiger partial charge in [0.15, 0.2) is 0 Å². The minimum atomic E-state index is -0.579. The molecule has 8 nitrogen and oxygen atoms in total. The van der Waals surface area contributed by atoms with Crippen molar-refractivity contribution in [1.82, 2.24) is 20.1 Å². The van der Waals surface area contributed by atoms with E-state index in [0.29, 0.717) is 23.8 Å². The van der Waals surface area contributed by atoms with E-state index in [-0.39, 0.29) is 29.6 Å². The maximum Gasteiger partial charge on any atom is 0.246 e. The van der Waals surface area contributed by atoms with E-state index in [9.17, 15) is 14.0 Å². The second-order valence-corrected chi connectivity index (χ2v) is 10.8. The number of hydrogen-bond donors (Lipinski definition) is 3. The summed E-state index contributed by atoms with van der Waals surface area (Å²) in [7, 11) is 1.74. The maximum absolute atomic E-state index is 14.1. The van der Waals surface area contributed by atoms with Crippen LogP contribution in [0.1, 0.15) is 58.8 Å². The Morgan fingerprint density at radius 2 is 1.92 bits per heavy atom. The van der Waals surface area contributed by atoms with Gasteiger partial charge >= 0.3 is 0 Å². The lowest BCUT2D eigenvalue weighted by Gasteiger charge is -2.35. The summed E-state index contributed by atoms with van der Waals surface area (Å²) < 4.78 is 15.6. The van der Waals surface area contributed by atoms with Crippen molar-refractivity contribution in [2.45, 2.75) is 76.9 Å². The van der Waals surface area contributed by atoms with E-state index in [2.05, 4.69) is 22.2 Å². The van der Waals surface area contributed by atoms with Crippen LogP contribution in [0.25, 0.3) is 16.6 Å². The first kappa shape index (κ1) is 28.5. The summed E-state index contributed by atoms with van der Waals surface area (Å²) in [6.07, 6.45) is 10.4. The zero-order valence-corrected chi connectivity index (χ0v) is 23.3. The van der Waals surface area contributed by atoms with E-state index in [1.165, 1.54) is 12.1 Å². The van der Waals surface area contributed by atoms with Gasteiger partial charge in [0.2, 0.25) is 11.8 Å². The molecule has 2 aliphatic rings. The van der Waals surface area contributed by atoms with Crippen LogP contribution in [0.15, 0.2) is 53.8 Å². The Kier molecular flexibility index (Phi) is 9.22. The lowest BCUT2D eigenvalue weighted by Crippen LogP contribution is -2.56. The van der Waals surface area contributed by atoms with Crippen molar-refractivity contribution in [3.8, 4) is 0 Å². The molecule has 3 unspecified atom stereocenters. The summed E-state index contributed by atoms with van der Waals surface area (Å²) >= 11 is 0. The number of aromatic nitrogens is 1. The van der Waals surface area contributed by atoms with Crippen molar-refractivity contribution >= 4 is 34.2 Å². The van der Waals surface area contributed by atoms with Gasteiger partial charge in [-0.3, -0.25) is 9.59 Å². The van der Waals surface area contributed by atoms with E-state index in [0.717, 1.165) is 55.8 Å². The van der Waals surface area contributed by atoms with E-state index in [1.54, 1.807) is 27.0 Å². The molecule has 1 aromatic heterocycles. The summed E-state index contributed by atoms with van der Waals surface area (Å²) in [6.45, 7) is 8.34. The molecule has 210 valence electrons. The molecule has 1 aliphatic heterocycles. The summed E-state index contributed by atoms with van der Waals surface area (Å²) in [6, 6.07) is 5.19. The molecule has 2 heterocycles. The number of benzene rings is 1. The third-order valence-corrected chi connectivity index (χ3v) is 7.97. The number of nitrogens with two attached hydrogens (primary N) is 1. The summed E-state index contributed by atoms with van der Waals surface area (Å²) in [5.74, 6) is -0.0475. The van der Waals surface area contributed by atoms with Crippen LogP contribution < -0.4 is 16.4 Å². The van der Waals surface area contributed by atoms with Gasteiger partial charge in [0.25, 0.3) is 0 Å². The van der Waals surface area contributed by atoms with Crippen LogP contribution >= 0.6 is 0 Å². The molecule has 2 fully saturated rings. The van der Waals surface area contributed by atoms with Crippen LogP contribution in [0, 0.1) is 11.7 Å². The predicted octanol–water partition coefficient (Wildman–Crippen LogP) is 4.18. The number of amides is 2. The molecule has 2 aromatic rings. The molecule has 0 bridgehead atoms. The Morgan fingerprint density at radius 3 is 2.62 bits per heavy atom. The van der Waals surface area contributed by atoms with Crippen LogP contribution in [0.3, 0.4) is 0 Å². The van der Waals surface area contributed by atoms with Crippen molar-refractivity contribution in [3.05, 3.63) is 54.6 Å². The number of rotatable bonds is 9. The average molecular weight is 537 g/mol. The molecule has 9 heteroatoms. The van der Waals surface area contributed by atoms with Crippen LogP contribution in [-0.2, 0) is 9.59 Å². The van der Waals surface area contributed by atoms with Gasteiger partial charge in [0.1, 0.15) is 11.9 Å². The molecule has 4 N–H and O–H groups in total. The number of carbonyl (C=O) groups excluding carboxylic acids is 2. The first-order valence-electron chi connectivity index (χ1n) is 14.0. The first-order valence-corrected chi connectivity index (χ1v) is 14.0. The van der Waals surface area contributed by atoms with E-state index < -0.39 is 12.1 Å². The van der Waals surface area contributed by atoms with Gasteiger partial charge in [-0.2, -0.15) is 0 Å². The van der Waals surface area contributed by atoms with E-state index in [1.807, 2.05) is 27.8 Å². The molecule has 3 atom stereocenters. The lowest BCUT2D eigenvalue weighted by molar-refractivity contribution is -0.139. The number of hydrogen-bond acceptors (Lipinski definition) is 4. The van der Waals surface area contributed by atoms with Crippen molar-refractivity contribution in [1.29, 1.82) is 0 Å². The van der Waals surface area contributed by atoms with Gasteiger partial charge in [-0.15, -0.1) is 0 Å². The minimum Gasteiger partial charge on any atom is -0.387 e. The Labute approximate surface area is 230 Å². The zero-order valence-electron chi connectivity index (χ0n) is 23.3. The summed E-state index contributed by atoms with van der Waals surface area (Å²) in [4.78, 5) is 33.5. The molecule has 1 aromatic carbocycles. The van der Waals surface area contributed by atoms with Gasteiger partial charge in [0.05, 0.1) is 29.1 Å². The number of nitrogens with zero attached hydrogens (tertiary/aromatic N) is 3. The molecule has 0 radical (unpaired) electrons. The SMILES string of the molecule is C=C(/C=C(\N=C(\C)N)C1CCCN1C(=O)C(NC(=O)C(C)NC)C1CCCCC1)n1ccc2cc(F)ccc21. The Morgan fingerprint density at radius 1 is 1.18 bits per heavy atom. The van der Waals surface area contributed by atoms with Crippen LogP contribution in [-0.4, -0.2) is 58.8 Å². The molecule has 2 amide bonds. The predicted molar refractivity (Wildman–Crippen MR) is 154 cm³/mol. The Balaban J connectivity index is 1.64. The number of likely N-dealkylation sites (tertiary alicyclic amines) is 1. The quantitative estimate of drug-likeness (QED) is 0.254. The zero-order chi connectivity index (χ0) is 28.1. The largest absolute Gasteiger partial charge is 0.387 e. The molecule has 39 heavy (non-hydrogen) atoms. The number of halogens is 1. The van der Waals surface area contributed by atoms with Crippen molar-refractivity contribution in [3.63, 3.8) is 0 Å². The highest BCUT2D eigenvalue weighted by atomic mass is 19.1. The van der Waals surface area contributed by atoms with Crippen LogP contribution in [0.2, 0.25) is 0 Å². The average Bonchev–Trinajstić information content (AvgIpc) is 3.58. The number of amidine groups is 1. The highest BCUT2D eigenvalue weighted by molar-refractivity contribution is 5.90. The van der Waals surface area contributed by atoms with Crippen molar-refractivity contribution in [2.24, 2.45) is 16.6 Å². The number of allylic oxidation sites excluding steroid dienone is 2. The summed E-state index contributed by atoms with van der Waals surface area (Å²) in [5, 5.41) is 6.82. The van der Waals surface area contributed by atoms with Gasteiger partial charge in [-0.05, 0) is 82.8 Å². The third kappa shape index (κ3) is 6.58. The van der Waals surface area contributed by atoms with E-state index >= 15 is 0 Å². The van der Waals surface area contributed by atoms with Gasteiger partial charge in [0, 0.05) is 23.8 Å². The monoisotopic (exact) mass is 536 g/mol. The second kappa shape index (κ2) is 12.6. The smallest absolute Gasteiger partial charge is 0.246 e. The highest BCUT2D eigenvalue weighted by Crippen LogP contribution is 2.32. The number of likely N-dealkylation sites (N-methyl/N-ethyl adjacent to an activating group) is 1. The summed E-state index contributed by atoms with van der Waals surface area (Å²) in [5.41, 5.74) is 8.14. The van der Waals surface area contributed by atoms with Crippen molar-refractivity contribution < 1.29 is 14.0 Å². The number of aliphatic imine (C=N–C) groups is 1. The number of carbonyl (C=O) groups is 2. The fourth-order valence-corrected chi connectivity index (χ4v) is 5.79. The normalized spacial score (nSPS) is 20.7. The second-order valence-electron chi connectivity index (χ2n) is 10.8. The molecule has 1 aliphatic carbocycles. The number of fused-ring (bicyclic) bond motifs is 1. The molecule has 1 saturated heterocycles. The molecular weight excluding hydrogens is 495 g/mol. The van der Waals surface area contributed by atoms with E-state index in [4.69, 9.17) is 5.73 Å². The highest BCUT2D eigenvalue weighted by Gasteiger charge is 2.39. The lowest BCUT2D eigenvalue weighted by atomic mass is 9.83. The molecular formula is C30H41FN6O2. The van der Waals surface area contributed by atoms with Crippen LogP contribution in [0.5, 0.6) is 0 Å². The first-order chi connectivity index (χ1) is 18.7. The molecule has 4 rings (SSSR count). The van der Waals surface area contributed by atoms with Crippen LogP contribution in [0.4, 0.5) is 4.39 Å².